The fraction of sp³-hybridized carbons (Fsp3) is 0.364. The van der Waals surface area contributed by atoms with Gasteiger partial charge in [0.15, 0.2) is 0 Å². The lowest BCUT2D eigenvalue weighted by molar-refractivity contribution is 0.0995. The maximum atomic E-state index is 12.3. The van der Waals surface area contributed by atoms with E-state index in [1.807, 2.05) is 24.3 Å². The first kappa shape index (κ1) is 19.3. The summed E-state index contributed by atoms with van der Waals surface area (Å²) in [6.07, 6.45) is 4.97. The van der Waals surface area contributed by atoms with Gasteiger partial charge in [0.1, 0.15) is 11.4 Å². The summed E-state index contributed by atoms with van der Waals surface area (Å²) in [4.78, 5) is 31.6. The molecule has 1 amide bonds. The maximum absolute atomic E-state index is 12.3. The van der Waals surface area contributed by atoms with Crippen molar-refractivity contribution in [1.82, 2.24) is 14.9 Å². The molecule has 0 saturated carbocycles. The predicted octanol–water partition coefficient (Wildman–Crippen LogP) is 2.68. The number of hydrogen-bond donors (Lipinski definition) is 3. The number of primary amides is 1. The van der Waals surface area contributed by atoms with Crippen LogP contribution in [0.5, 0.6) is 5.75 Å². The van der Waals surface area contributed by atoms with Crippen molar-refractivity contribution in [3.8, 4) is 17.0 Å². The van der Waals surface area contributed by atoms with Gasteiger partial charge in [-0.15, -0.1) is 0 Å². The quantitative estimate of drug-likeness (QED) is 0.537. The van der Waals surface area contributed by atoms with Crippen LogP contribution in [-0.2, 0) is 0 Å². The molecule has 1 fully saturated rings. The van der Waals surface area contributed by atoms with Gasteiger partial charge in [0.05, 0.1) is 17.9 Å². The topological polar surface area (TPSA) is 104 Å². The highest BCUT2D eigenvalue weighted by Crippen LogP contribution is 2.25. The van der Waals surface area contributed by atoms with Gasteiger partial charge in [0, 0.05) is 23.5 Å². The fourth-order valence-corrected chi connectivity index (χ4v) is 3.77. The number of piperidine rings is 1. The molecule has 0 spiro atoms. The number of carbonyl (C=O) groups excluding carboxylic acids is 1. The lowest BCUT2D eigenvalue weighted by atomic mass is 10.1. The molecule has 0 atom stereocenters. The normalized spacial score (nSPS) is 14.9. The number of ether oxygens (including phenoxy) is 1. The molecule has 0 aliphatic carbocycles. The second-order valence-corrected chi connectivity index (χ2v) is 7.43. The molecule has 1 aromatic carbocycles. The maximum Gasteiger partial charge on any atom is 0.265 e. The van der Waals surface area contributed by atoms with Crippen molar-refractivity contribution in [3.63, 3.8) is 0 Å². The highest BCUT2D eigenvalue weighted by atomic mass is 16.5. The van der Waals surface area contributed by atoms with Crippen LogP contribution in [0.15, 0.2) is 35.1 Å². The first-order valence-electron chi connectivity index (χ1n) is 10.0. The summed E-state index contributed by atoms with van der Waals surface area (Å²) >= 11 is 0. The van der Waals surface area contributed by atoms with Gasteiger partial charge in [-0.25, -0.2) is 0 Å². The molecule has 7 heteroatoms. The van der Waals surface area contributed by atoms with Gasteiger partial charge < -0.3 is 25.3 Å². The van der Waals surface area contributed by atoms with E-state index in [9.17, 15) is 9.59 Å². The van der Waals surface area contributed by atoms with Crippen molar-refractivity contribution in [2.24, 2.45) is 5.73 Å². The van der Waals surface area contributed by atoms with Crippen LogP contribution in [0, 0.1) is 6.07 Å². The standard InChI is InChI=1S/C22H25N4O3/c23-21(27)19-8-6-17(22(28)25-19)20-14-15-13-16(5-7-18(15)24-20)29-12-4-11-26-9-2-1-3-10-26/h5-7,13-14,24H,1-4,9-12H2,(H2,23,27)(H,25,28). The molecule has 0 unspecified atom stereocenters. The Morgan fingerprint density at radius 2 is 2.00 bits per heavy atom. The second-order valence-electron chi connectivity index (χ2n) is 7.43. The molecule has 0 bridgehead atoms. The number of hydrogen-bond acceptors (Lipinski definition) is 4. The summed E-state index contributed by atoms with van der Waals surface area (Å²) in [6, 6.07) is 11.9. The van der Waals surface area contributed by atoms with Gasteiger partial charge in [-0.3, -0.25) is 9.59 Å². The molecule has 3 aromatic rings. The first-order valence-corrected chi connectivity index (χ1v) is 10.0. The van der Waals surface area contributed by atoms with Crippen molar-refractivity contribution < 1.29 is 9.53 Å². The lowest BCUT2D eigenvalue weighted by Crippen LogP contribution is -2.31. The van der Waals surface area contributed by atoms with Crippen molar-refractivity contribution in [1.29, 1.82) is 0 Å². The van der Waals surface area contributed by atoms with E-state index in [1.165, 1.54) is 38.4 Å². The van der Waals surface area contributed by atoms with E-state index in [2.05, 4.69) is 20.9 Å². The molecular formula is C22H25N4O3. The van der Waals surface area contributed by atoms with Gasteiger partial charge in [-0.05, 0) is 62.7 Å². The number of rotatable bonds is 7. The number of H-pyrrole nitrogens is 2. The number of fused-ring (bicyclic) bond motifs is 1. The van der Waals surface area contributed by atoms with Crippen molar-refractivity contribution in [2.75, 3.05) is 26.2 Å². The second kappa shape index (κ2) is 8.53. The highest BCUT2D eigenvalue weighted by Gasteiger charge is 2.11. The summed E-state index contributed by atoms with van der Waals surface area (Å²) in [5.74, 6) is 0.0959. The van der Waals surface area contributed by atoms with Gasteiger partial charge in [-0.2, -0.15) is 0 Å². The molecule has 1 aliphatic heterocycles. The number of nitrogens with one attached hydrogen (secondary N) is 2. The third-order valence-corrected chi connectivity index (χ3v) is 5.31. The fourth-order valence-electron chi connectivity index (χ4n) is 3.77. The van der Waals surface area contributed by atoms with Crippen LogP contribution in [0.3, 0.4) is 0 Å². The molecule has 151 valence electrons. The third kappa shape index (κ3) is 4.51. The minimum atomic E-state index is -0.715. The van der Waals surface area contributed by atoms with E-state index in [0.29, 0.717) is 17.9 Å². The Hall–Kier alpha value is -3.06. The highest BCUT2D eigenvalue weighted by molar-refractivity contribution is 5.91. The summed E-state index contributed by atoms with van der Waals surface area (Å²) in [7, 11) is 0. The van der Waals surface area contributed by atoms with Gasteiger partial charge in [0.2, 0.25) is 0 Å². The summed E-state index contributed by atoms with van der Waals surface area (Å²) < 4.78 is 5.92. The average Bonchev–Trinajstić information content (AvgIpc) is 3.15. The smallest absolute Gasteiger partial charge is 0.265 e. The van der Waals surface area contributed by atoms with Crippen LogP contribution in [0.1, 0.15) is 36.2 Å². The molecule has 7 nitrogen and oxygen atoms in total. The van der Waals surface area contributed by atoms with E-state index in [1.54, 1.807) is 0 Å². The SMILES string of the molecule is NC(=O)c1[c]cc(-c2cc3cc(OCCCN4CCCCC4)ccc3[nH]2)c(=O)[nH]1. The van der Waals surface area contributed by atoms with Crippen molar-refractivity contribution >= 4 is 16.8 Å². The number of pyridine rings is 1. The van der Waals surface area contributed by atoms with E-state index >= 15 is 0 Å². The van der Waals surface area contributed by atoms with Crippen LogP contribution in [-0.4, -0.2) is 47.0 Å². The van der Waals surface area contributed by atoms with E-state index in [0.717, 1.165) is 29.6 Å². The minimum absolute atomic E-state index is 0.0323. The zero-order valence-corrected chi connectivity index (χ0v) is 16.3. The van der Waals surface area contributed by atoms with Crippen LogP contribution >= 0.6 is 0 Å². The Balaban J connectivity index is 1.42. The largest absolute Gasteiger partial charge is 0.494 e. The van der Waals surface area contributed by atoms with Gasteiger partial charge in [0.25, 0.3) is 11.5 Å². The zero-order chi connectivity index (χ0) is 20.2. The molecule has 4 rings (SSSR count). The number of benzene rings is 1. The van der Waals surface area contributed by atoms with E-state index in [-0.39, 0.29) is 5.69 Å². The molecule has 29 heavy (non-hydrogen) atoms. The molecule has 1 aliphatic rings. The molecule has 3 heterocycles. The Kier molecular flexibility index (Phi) is 5.67. The predicted molar refractivity (Wildman–Crippen MR) is 112 cm³/mol. The van der Waals surface area contributed by atoms with Crippen LogP contribution in [0.4, 0.5) is 0 Å². The van der Waals surface area contributed by atoms with Crippen LogP contribution in [0.2, 0.25) is 0 Å². The Morgan fingerprint density at radius 3 is 2.76 bits per heavy atom. The molecule has 1 radical (unpaired) electrons. The third-order valence-electron chi connectivity index (χ3n) is 5.31. The number of nitrogens with two attached hydrogens (primary N) is 1. The monoisotopic (exact) mass is 393 g/mol. The van der Waals surface area contributed by atoms with Crippen molar-refractivity contribution in [3.05, 3.63) is 52.4 Å². The Morgan fingerprint density at radius 1 is 1.17 bits per heavy atom. The molecule has 1 saturated heterocycles. The van der Waals surface area contributed by atoms with Crippen LogP contribution < -0.4 is 16.0 Å². The van der Waals surface area contributed by atoms with Crippen LogP contribution in [0.25, 0.3) is 22.2 Å². The van der Waals surface area contributed by atoms with Gasteiger partial charge >= 0.3 is 0 Å². The number of nitrogens with zero attached hydrogens (tertiary/aromatic N) is 1. The number of aromatic amines is 2. The molecule has 2 aromatic heterocycles. The first-order chi connectivity index (χ1) is 14.1. The number of likely N-dealkylation sites (tertiary alicyclic amines) is 1. The number of amides is 1. The number of carbonyl (C=O) groups is 1. The van der Waals surface area contributed by atoms with Gasteiger partial charge in [-0.1, -0.05) is 6.42 Å². The Bertz CT molecular complexity index is 1060. The Labute approximate surface area is 168 Å². The molecule has 4 N–H and O–H groups in total. The van der Waals surface area contributed by atoms with E-state index < -0.39 is 11.5 Å². The van der Waals surface area contributed by atoms with E-state index in [4.69, 9.17) is 10.5 Å². The van der Waals surface area contributed by atoms with Crippen molar-refractivity contribution in [2.45, 2.75) is 25.7 Å². The summed E-state index contributed by atoms with van der Waals surface area (Å²) in [5.41, 5.74) is 6.70. The lowest BCUT2D eigenvalue weighted by Gasteiger charge is -2.26. The summed E-state index contributed by atoms with van der Waals surface area (Å²) in [6.45, 7) is 4.17. The molecular weight excluding hydrogens is 368 g/mol. The number of aromatic nitrogens is 2. The zero-order valence-electron chi connectivity index (χ0n) is 16.3. The minimum Gasteiger partial charge on any atom is -0.494 e. The average molecular weight is 393 g/mol. The summed E-state index contributed by atoms with van der Waals surface area (Å²) in [5, 5.41) is 0.951.